The molecule has 180 valence electrons. The van der Waals surface area contributed by atoms with E-state index in [0.29, 0.717) is 5.69 Å². The molecule has 0 amide bonds. The number of hydrogen-bond acceptors (Lipinski definition) is 5. The lowest BCUT2D eigenvalue weighted by atomic mass is 9.76. The molecule has 0 aliphatic heterocycles. The highest BCUT2D eigenvalue weighted by molar-refractivity contribution is 7.12. The molecule has 35 heavy (non-hydrogen) atoms. The highest BCUT2D eigenvalue weighted by atomic mass is 32.1. The number of esters is 1. The molecule has 3 aromatic carbocycles. The summed E-state index contributed by atoms with van der Waals surface area (Å²) in [5, 5.41) is 4.82. The van der Waals surface area contributed by atoms with Crippen molar-refractivity contribution in [3.05, 3.63) is 123 Å². The van der Waals surface area contributed by atoms with E-state index in [0.717, 1.165) is 45.8 Å². The first-order chi connectivity index (χ1) is 17.1. The van der Waals surface area contributed by atoms with Crippen molar-refractivity contribution in [2.45, 2.75) is 44.7 Å². The van der Waals surface area contributed by atoms with Gasteiger partial charge in [0, 0.05) is 4.88 Å². The van der Waals surface area contributed by atoms with Crippen LogP contribution in [0.5, 0.6) is 0 Å². The predicted molar refractivity (Wildman–Crippen MR) is 143 cm³/mol. The summed E-state index contributed by atoms with van der Waals surface area (Å²) in [6.45, 7) is 4.27. The van der Waals surface area contributed by atoms with Crippen molar-refractivity contribution in [2.75, 3.05) is 7.11 Å². The summed E-state index contributed by atoms with van der Waals surface area (Å²) in [4.78, 5) is 18.3. The summed E-state index contributed by atoms with van der Waals surface area (Å²) in [6, 6.07) is 31.4. The second-order valence-electron chi connectivity index (χ2n) is 8.63. The SMILES string of the molecule is CCCCc1sc([C@H](C)NC(c2ccccc2)(c2ccccc2)c2ccccc2)nc1C(=O)OC. The molecule has 1 atom stereocenters. The van der Waals surface area contributed by atoms with E-state index in [1.807, 2.05) is 18.2 Å². The summed E-state index contributed by atoms with van der Waals surface area (Å²) in [5.41, 5.74) is 3.25. The highest BCUT2D eigenvalue weighted by Gasteiger charge is 2.38. The van der Waals surface area contributed by atoms with E-state index in [4.69, 9.17) is 9.72 Å². The summed E-state index contributed by atoms with van der Waals surface area (Å²) >= 11 is 1.60. The number of rotatable bonds is 10. The van der Waals surface area contributed by atoms with Crippen molar-refractivity contribution < 1.29 is 9.53 Å². The lowest BCUT2D eigenvalue weighted by Gasteiger charge is -2.39. The van der Waals surface area contributed by atoms with Gasteiger partial charge in [-0.15, -0.1) is 11.3 Å². The molecule has 4 aromatic rings. The van der Waals surface area contributed by atoms with E-state index in [2.05, 4.69) is 92.0 Å². The molecule has 1 aromatic heterocycles. The van der Waals surface area contributed by atoms with Crippen LogP contribution in [0.25, 0.3) is 0 Å². The molecule has 0 bridgehead atoms. The standard InChI is InChI=1S/C30H32N2O2S/c1-4-5-21-26-27(29(33)34-3)31-28(35-26)22(2)32-30(23-15-9-6-10-16-23,24-17-11-7-12-18-24)25-19-13-8-14-20-25/h6-20,22,32H,4-5,21H2,1-3H3/t22-/m0/s1. The van der Waals surface area contributed by atoms with Crippen LogP contribution in [0, 0.1) is 0 Å². The first-order valence-electron chi connectivity index (χ1n) is 12.1. The minimum absolute atomic E-state index is 0.126. The zero-order valence-corrected chi connectivity index (χ0v) is 21.3. The van der Waals surface area contributed by atoms with Crippen LogP contribution >= 0.6 is 11.3 Å². The van der Waals surface area contributed by atoms with Gasteiger partial charge < -0.3 is 4.74 Å². The smallest absolute Gasteiger partial charge is 0.357 e. The Morgan fingerprint density at radius 1 is 0.914 bits per heavy atom. The number of nitrogens with zero attached hydrogens (tertiary/aromatic N) is 1. The average molecular weight is 485 g/mol. The Morgan fingerprint density at radius 2 is 1.40 bits per heavy atom. The molecule has 0 spiro atoms. The maximum atomic E-state index is 12.5. The molecule has 5 heteroatoms. The molecule has 0 aliphatic carbocycles. The first kappa shape index (κ1) is 24.8. The number of aromatic nitrogens is 1. The molecule has 0 aliphatic rings. The summed E-state index contributed by atoms with van der Waals surface area (Å²) in [5.74, 6) is -0.369. The third-order valence-electron chi connectivity index (χ3n) is 6.27. The molecule has 0 saturated heterocycles. The molecular weight excluding hydrogens is 452 g/mol. The fourth-order valence-electron chi connectivity index (χ4n) is 4.52. The summed E-state index contributed by atoms with van der Waals surface area (Å²) < 4.78 is 5.04. The minimum atomic E-state index is -0.607. The zero-order chi connectivity index (χ0) is 24.7. The number of unbranched alkanes of at least 4 members (excludes halogenated alkanes) is 1. The number of aryl methyl sites for hydroxylation is 1. The second-order valence-corrected chi connectivity index (χ2v) is 9.75. The van der Waals surface area contributed by atoms with Gasteiger partial charge in [0.05, 0.1) is 18.7 Å². The largest absolute Gasteiger partial charge is 0.464 e. The second kappa shape index (κ2) is 11.4. The Bertz CT molecular complexity index is 1130. The molecule has 0 saturated carbocycles. The normalized spacial score (nSPS) is 12.3. The van der Waals surface area contributed by atoms with E-state index in [1.54, 1.807) is 11.3 Å². The van der Waals surface area contributed by atoms with E-state index in [-0.39, 0.29) is 12.0 Å². The van der Waals surface area contributed by atoms with Gasteiger partial charge in [-0.25, -0.2) is 9.78 Å². The number of methoxy groups -OCH3 is 1. The Balaban J connectivity index is 1.84. The van der Waals surface area contributed by atoms with Crippen LogP contribution in [0.15, 0.2) is 91.0 Å². The molecule has 1 N–H and O–H groups in total. The quantitative estimate of drug-likeness (QED) is 0.196. The van der Waals surface area contributed by atoms with Crippen LogP contribution in [-0.4, -0.2) is 18.1 Å². The van der Waals surface area contributed by atoms with Crippen LogP contribution in [-0.2, 0) is 16.7 Å². The number of ether oxygens (including phenoxy) is 1. The highest BCUT2D eigenvalue weighted by Crippen LogP contribution is 2.39. The molecular formula is C30H32N2O2S. The fraction of sp³-hybridized carbons (Fsp3) is 0.267. The van der Waals surface area contributed by atoms with Crippen molar-refractivity contribution in [3.8, 4) is 0 Å². The molecule has 0 radical (unpaired) electrons. The predicted octanol–water partition coefficient (Wildman–Crippen LogP) is 6.92. The Labute approximate surface area is 212 Å². The van der Waals surface area contributed by atoms with Crippen LogP contribution in [0.3, 0.4) is 0 Å². The van der Waals surface area contributed by atoms with Gasteiger partial charge in [0.15, 0.2) is 5.69 Å². The maximum absolute atomic E-state index is 12.5. The van der Waals surface area contributed by atoms with Crippen molar-refractivity contribution in [1.29, 1.82) is 0 Å². The minimum Gasteiger partial charge on any atom is -0.464 e. The van der Waals surface area contributed by atoms with E-state index in [9.17, 15) is 4.79 Å². The van der Waals surface area contributed by atoms with Crippen molar-refractivity contribution in [3.63, 3.8) is 0 Å². The number of benzene rings is 3. The number of carbonyl (C=O) groups is 1. The van der Waals surface area contributed by atoms with Gasteiger partial charge in [-0.05, 0) is 36.5 Å². The van der Waals surface area contributed by atoms with Crippen LogP contribution < -0.4 is 5.32 Å². The third kappa shape index (κ3) is 5.21. The lowest BCUT2D eigenvalue weighted by molar-refractivity contribution is 0.0593. The Morgan fingerprint density at radius 3 is 1.83 bits per heavy atom. The van der Waals surface area contributed by atoms with Gasteiger partial charge >= 0.3 is 5.97 Å². The summed E-state index contributed by atoms with van der Waals surface area (Å²) in [6.07, 6.45) is 2.89. The fourth-order valence-corrected chi connectivity index (χ4v) is 5.62. The zero-order valence-electron chi connectivity index (χ0n) is 20.5. The van der Waals surface area contributed by atoms with Crippen LogP contribution in [0.4, 0.5) is 0 Å². The molecule has 4 nitrogen and oxygen atoms in total. The van der Waals surface area contributed by atoms with Gasteiger partial charge in [0.2, 0.25) is 0 Å². The van der Waals surface area contributed by atoms with Gasteiger partial charge in [0.1, 0.15) is 5.01 Å². The van der Waals surface area contributed by atoms with Gasteiger partial charge in [0.25, 0.3) is 0 Å². The van der Waals surface area contributed by atoms with Gasteiger partial charge in [-0.3, -0.25) is 5.32 Å². The Hall–Kier alpha value is -3.28. The van der Waals surface area contributed by atoms with Gasteiger partial charge in [-0.1, -0.05) is 104 Å². The molecule has 4 rings (SSSR count). The van der Waals surface area contributed by atoms with Gasteiger partial charge in [-0.2, -0.15) is 0 Å². The molecule has 0 unspecified atom stereocenters. The lowest BCUT2D eigenvalue weighted by Crippen LogP contribution is -2.45. The number of hydrogen-bond donors (Lipinski definition) is 1. The number of thiazole rings is 1. The number of nitrogens with one attached hydrogen (secondary N) is 1. The average Bonchev–Trinajstić information content (AvgIpc) is 3.36. The first-order valence-corrected chi connectivity index (χ1v) is 12.9. The molecule has 1 heterocycles. The van der Waals surface area contributed by atoms with Crippen molar-refractivity contribution in [2.24, 2.45) is 0 Å². The monoisotopic (exact) mass is 484 g/mol. The third-order valence-corrected chi connectivity index (χ3v) is 7.57. The van der Waals surface area contributed by atoms with E-state index >= 15 is 0 Å². The van der Waals surface area contributed by atoms with E-state index < -0.39 is 5.54 Å². The maximum Gasteiger partial charge on any atom is 0.357 e. The van der Waals surface area contributed by atoms with Crippen LogP contribution in [0.1, 0.15) is 69.8 Å². The van der Waals surface area contributed by atoms with E-state index in [1.165, 1.54) is 7.11 Å². The molecule has 0 fully saturated rings. The van der Waals surface area contributed by atoms with Crippen molar-refractivity contribution in [1.82, 2.24) is 10.3 Å². The summed E-state index contributed by atoms with van der Waals surface area (Å²) in [7, 11) is 1.41. The Kier molecular flexibility index (Phi) is 8.11. The van der Waals surface area contributed by atoms with Crippen molar-refractivity contribution >= 4 is 17.3 Å². The topological polar surface area (TPSA) is 51.2 Å². The number of carbonyl (C=O) groups excluding carboxylic acids is 1. The van der Waals surface area contributed by atoms with Crippen LogP contribution in [0.2, 0.25) is 0 Å².